The monoisotopic (exact) mass is 381 g/mol. The van der Waals surface area contributed by atoms with Gasteiger partial charge in [0, 0.05) is 19.0 Å². The van der Waals surface area contributed by atoms with Crippen molar-refractivity contribution in [2.24, 2.45) is 21.8 Å². The first-order chi connectivity index (χ1) is 13.4. The van der Waals surface area contributed by atoms with Crippen LogP contribution in [-0.4, -0.2) is 36.6 Å². The van der Waals surface area contributed by atoms with E-state index >= 15 is 0 Å². The largest absolute Gasteiger partial charge is 0.349 e. The summed E-state index contributed by atoms with van der Waals surface area (Å²) in [5, 5.41) is 0. The van der Waals surface area contributed by atoms with Gasteiger partial charge in [-0.2, -0.15) is 0 Å². The Labute approximate surface area is 173 Å². The Morgan fingerprint density at radius 1 is 1.29 bits per heavy atom. The van der Waals surface area contributed by atoms with Crippen LogP contribution in [-0.2, 0) is 0 Å². The second-order valence-corrected chi connectivity index (χ2v) is 7.02. The summed E-state index contributed by atoms with van der Waals surface area (Å²) in [6, 6.07) is 0. The van der Waals surface area contributed by atoms with Gasteiger partial charge in [0.25, 0.3) is 0 Å². The molecule has 0 aliphatic heterocycles. The number of nitrogens with zero attached hydrogens (tertiary/aromatic N) is 3. The Morgan fingerprint density at radius 3 is 2.54 bits per heavy atom. The summed E-state index contributed by atoms with van der Waals surface area (Å²) >= 11 is 0. The average molecular weight is 382 g/mol. The van der Waals surface area contributed by atoms with E-state index < -0.39 is 0 Å². The maximum atomic E-state index is 5.62. The molecule has 2 atom stereocenters. The SMILES string of the molecule is C#CCN(CCC(/C(C)=C/C=N\C=C)C(C)CC)/C(C)=N\CC(/C=C\C)=C/C. The van der Waals surface area contributed by atoms with Gasteiger partial charge in [-0.25, -0.2) is 0 Å². The van der Waals surface area contributed by atoms with Crippen LogP contribution in [0, 0.1) is 24.2 Å². The Balaban J connectivity index is 5.27. The standard InChI is InChI=1S/C25H39N3/c1-9-14-24(12-4)20-27-23(8)28(18-10-2)19-16-25(21(6)11-3)22(7)15-17-26-13-5/h2,9,12-15,17,21,25H,5,11,16,18-20H2,1,3-4,6-8H3/b14-9-,22-15+,24-12+,26-17-,27-23-. The summed E-state index contributed by atoms with van der Waals surface area (Å²) in [7, 11) is 0. The van der Waals surface area contributed by atoms with Gasteiger partial charge in [-0.3, -0.25) is 9.98 Å². The molecular weight excluding hydrogens is 342 g/mol. The van der Waals surface area contributed by atoms with E-state index in [1.165, 1.54) is 11.1 Å². The number of aliphatic imine (C=N–C) groups is 2. The third kappa shape index (κ3) is 10.1. The molecule has 0 N–H and O–H groups in total. The van der Waals surface area contributed by atoms with Gasteiger partial charge in [0.1, 0.15) is 0 Å². The van der Waals surface area contributed by atoms with Crippen molar-refractivity contribution < 1.29 is 0 Å². The van der Waals surface area contributed by atoms with Crippen LogP contribution in [0.3, 0.4) is 0 Å². The van der Waals surface area contributed by atoms with Crippen molar-refractivity contribution in [3.05, 3.63) is 48.2 Å². The molecule has 0 aliphatic carbocycles. The molecule has 0 aliphatic rings. The van der Waals surface area contributed by atoms with Crippen molar-refractivity contribution in [3.63, 3.8) is 0 Å². The van der Waals surface area contributed by atoms with Crippen LogP contribution in [0.4, 0.5) is 0 Å². The number of allylic oxidation sites excluding steroid dienone is 4. The molecule has 28 heavy (non-hydrogen) atoms. The number of rotatable bonds is 12. The Kier molecular flexibility index (Phi) is 14.4. The van der Waals surface area contributed by atoms with Crippen molar-refractivity contribution in [1.82, 2.24) is 4.90 Å². The summed E-state index contributed by atoms with van der Waals surface area (Å²) in [6.45, 7) is 18.7. The van der Waals surface area contributed by atoms with E-state index in [1.807, 2.05) is 26.1 Å². The van der Waals surface area contributed by atoms with Gasteiger partial charge in [-0.15, -0.1) is 6.42 Å². The molecule has 0 aromatic carbocycles. The van der Waals surface area contributed by atoms with E-state index in [1.54, 1.807) is 6.20 Å². The predicted octanol–water partition coefficient (Wildman–Crippen LogP) is 6.08. The minimum Gasteiger partial charge on any atom is -0.349 e. The number of amidine groups is 1. The molecule has 0 fully saturated rings. The van der Waals surface area contributed by atoms with Crippen LogP contribution in [0.1, 0.15) is 54.4 Å². The highest BCUT2D eigenvalue weighted by Crippen LogP contribution is 2.26. The number of hydrogen-bond donors (Lipinski definition) is 0. The minimum absolute atomic E-state index is 0.489. The van der Waals surface area contributed by atoms with Crippen LogP contribution in [0.5, 0.6) is 0 Å². The van der Waals surface area contributed by atoms with E-state index in [4.69, 9.17) is 11.4 Å². The fourth-order valence-corrected chi connectivity index (χ4v) is 3.11. The van der Waals surface area contributed by atoms with Gasteiger partial charge in [0.05, 0.1) is 18.9 Å². The fourth-order valence-electron chi connectivity index (χ4n) is 3.11. The van der Waals surface area contributed by atoms with Gasteiger partial charge in [-0.1, -0.05) is 56.6 Å². The lowest BCUT2D eigenvalue weighted by Gasteiger charge is -2.28. The summed E-state index contributed by atoms with van der Waals surface area (Å²) in [4.78, 5) is 11.1. The molecule has 0 heterocycles. The van der Waals surface area contributed by atoms with E-state index in [2.05, 4.69) is 68.3 Å². The first-order valence-electron chi connectivity index (χ1n) is 10.2. The topological polar surface area (TPSA) is 28.0 Å². The highest BCUT2D eigenvalue weighted by atomic mass is 15.2. The Bertz CT molecular complexity index is 641. The second-order valence-electron chi connectivity index (χ2n) is 7.02. The van der Waals surface area contributed by atoms with Gasteiger partial charge >= 0.3 is 0 Å². The zero-order valence-corrected chi connectivity index (χ0v) is 18.8. The molecular formula is C25H39N3. The Morgan fingerprint density at radius 2 is 2.00 bits per heavy atom. The van der Waals surface area contributed by atoms with Gasteiger partial charge < -0.3 is 4.90 Å². The van der Waals surface area contributed by atoms with Crippen molar-refractivity contribution >= 4 is 12.1 Å². The molecule has 0 saturated heterocycles. The molecule has 0 saturated carbocycles. The highest BCUT2D eigenvalue weighted by Gasteiger charge is 2.19. The average Bonchev–Trinajstić information content (AvgIpc) is 2.69. The molecule has 3 nitrogen and oxygen atoms in total. The first kappa shape index (κ1) is 25.7. The van der Waals surface area contributed by atoms with Crippen molar-refractivity contribution in [1.29, 1.82) is 0 Å². The van der Waals surface area contributed by atoms with Crippen molar-refractivity contribution in [2.45, 2.75) is 54.4 Å². The third-order valence-electron chi connectivity index (χ3n) is 5.14. The zero-order valence-electron chi connectivity index (χ0n) is 18.8. The Hall–Kier alpha value is -2.34. The number of terminal acetylenes is 1. The van der Waals surface area contributed by atoms with E-state index in [-0.39, 0.29) is 0 Å². The minimum atomic E-state index is 0.489. The maximum Gasteiger partial charge on any atom is 0.0969 e. The molecule has 0 bridgehead atoms. The molecule has 3 heteroatoms. The summed E-state index contributed by atoms with van der Waals surface area (Å²) in [6.07, 6.45) is 19.5. The summed E-state index contributed by atoms with van der Waals surface area (Å²) < 4.78 is 0. The van der Waals surface area contributed by atoms with Gasteiger partial charge in [0.2, 0.25) is 0 Å². The van der Waals surface area contributed by atoms with Crippen LogP contribution in [0.15, 0.2) is 58.2 Å². The van der Waals surface area contributed by atoms with E-state index in [0.29, 0.717) is 24.9 Å². The maximum absolute atomic E-state index is 5.62. The summed E-state index contributed by atoms with van der Waals surface area (Å²) in [5.74, 6) is 4.87. The van der Waals surface area contributed by atoms with Crippen LogP contribution < -0.4 is 0 Å². The summed E-state index contributed by atoms with van der Waals surface area (Å²) in [5.41, 5.74) is 2.56. The zero-order chi connectivity index (χ0) is 21.4. The van der Waals surface area contributed by atoms with E-state index in [9.17, 15) is 0 Å². The lowest BCUT2D eigenvalue weighted by atomic mass is 9.83. The highest BCUT2D eigenvalue weighted by molar-refractivity contribution is 5.80. The normalized spacial score (nSPS) is 15.7. The predicted molar refractivity (Wildman–Crippen MR) is 127 cm³/mol. The van der Waals surface area contributed by atoms with Gasteiger partial charge in [-0.05, 0) is 57.6 Å². The molecule has 0 radical (unpaired) electrons. The lowest BCUT2D eigenvalue weighted by molar-refractivity contribution is 0.331. The molecule has 154 valence electrons. The molecule has 0 amide bonds. The van der Waals surface area contributed by atoms with Crippen molar-refractivity contribution in [3.8, 4) is 12.3 Å². The number of hydrogen-bond acceptors (Lipinski definition) is 2. The molecule has 0 rings (SSSR count). The molecule has 0 aromatic heterocycles. The van der Waals surface area contributed by atoms with Crippen LogP contribution in [0.25, 0.3) is 0 Å². The third-order valence-corrected chi connectivity index (χ3v) is 5.14. The second kappa shape index (κ2) is 15.7. The van der Waals surface area contributed by atoms with E-state index in [0.717, 1.165) is 25.2 Å². The quantitative estimate of drug-likeness (QED) is 0.174. The van der Waals surface area contributed by atoms with Gasteiger partial charge in [0.15, 0.2) is 0 Å². The van der Waals surface area contributed by atoms with Crippen LogP contribution >= 0.6 is 0 Å². The van der Waals surface area contributed by atoms with Crippen LogP contribution in [0.2, 0.25) is 0 Å². The fraction of sp³-hybridized carbons (Fsp3) is 0.520. The lowest BCUT2D eigenvalue weighted by Crippen LogP contribution is -2.32. The first-order valence-corrected chi connectivity index (χ1v) is 10.2. The molecule has 2 unspecified atom stereocenters. The smallest absolute Gasteiger partial charge is 0.0969 e. The molecule has 0 aromatic rings. The molecule has 0 spiro atoms. The van der Waals surface area contributed by atoms with Crippen molar-refractivity contribution in [2.75, 3.05) is 19.6 Å².